The van der Waals surface area contributed by atoms with Crippen LogP contribution in [0.15, 0.2) is 6.07 Å². The number of rotatable bonds is 1. The second-order valence-corrected chi connectivity index (χ2v) is 6.37. The second kappa shape index (κ2) is 4.59. The van der Waals surface area contributed by atoms with Gasteiger partial charge < -0.3 is 15.4 Å². The van der Waals surface area contributed by atoms with Gasteiger partial charge in [-0.15, -0.1) is 11.3 Å². The van der Waals surface area contributed by atoms with Crippen LogP contribution < -0.4 is 10.5 Å². The van der Waals surface area contributed by atoms with Crippen LogP contribution in [0.5, 0.6) is 5.06 Å². The zero-order valence-corrected chi connectivity index (χ0v) is 11.1. The number of likely N-dealkylation sites (tertiary alicyclic amines) is 1. The summed E-state index contributed by atoms with van der Waals surface area (Å²) in [6.45, 7) is 3.04. The number of hydrogen-bond donors (Lipinski definition) is 1. The first-order chi connectivity index (χ1) is 8.22. The van der Waals surface area contributed by atoms with Gasteiger partial charge in [0.1, 0.15) is 0 Å². The number of nitrogens with zero attached hydrogens (tertiary/aromatic N) is 1. The van der Waals surface area contributed by atoms with Crippen molar-refractivity contribution in [3.05, 3.63) is 16.5 Å². The van der Waals surface area contributed by atoms with Gasteiger partial charge in [-0.1, -0.05) is 0 Å². The third kappa shape index (κ3) is 2.34. The fourth-order valence-corrected chi connectivity index (χ4v) is 4.12. The Hall–Kier alpha value is -0.580. The average Bonchev–Trinajstić information content (AvgIpc) is 2.71. The molecule has 2 atom stereocenters. The molecule has 0 aliphatic carbocycles. The molecule has 4 heteroatoms. The van der Waals surface area contributed by atoms with Crippen molar-refractivity contribution < 1.29 is 4.74 Å². The van der Waals surface area contributed by atoms with Crippen LogP contribution in [0, 0.1) is 0 Å². The largest absolute Gasteiger partial charge is 0.484 e. The lowest BCUT2D eigenvalue weighted by molar-refractivity contribution is 0.228. The van der Waals surface area contributed by atoms with Gasteiger partial charge in [-0.3, -0.25) is 0 Å². The fourth-order valence-electron chi connectivity index (χ4n) is 2.93. The van der Waals surface area contributed by atoms with E-state index in [2.05, 4.69) is 18.0 Å². The highest BCUT2D eigenvalue weighted by Crippen LogP contribution is 2.40. The van der Waals surface area contributed by atoms with E-state index in [4.69, 9.17) is 10.5 Å². The summed E-state index contributed by atoms with van der Waals surface area (Å²) in [6.07, 6.45) is 3.46. The van der Waals surface area contributed by atoms with E-state index >= 15 is 0 Å². The number of ether oxygens (including phenoxy) is 1. The average molecular weight is 252 g/mol. The van der Waals surface area contributed by atoms with Crippen molar-refractivity contribution in [1.29, 1.82) is 0 Å². The Bertz CT molecular complexity index is 371. The molecule has 94 valence electrons. The molecule has 1 saturated heterocycles. The van der Waals surface area contributed by atoms with Gasteiger partial charge in [-0.05, 0) is 32.4 Å². The summed E-state index contributed by atoms with van der Waals surface area (Å²) in [5.74, 6) is 0.600. The van der Waals surface area contributed by atoms with Crippen molar-refractivity contribution in [1.82, 2.24) is 4.90 Å². The minimum atomic E-state index is 0.318. The Balaban J connectivity index is 1.81. The molecule has 0 spiro atoms. The lowest BCUT2D eigenvalue weighted by Crippen LogP contribution is -2.43. The topological polar surface area (TPSA) is 38.5 Å². The quantitative estimate of drug-likeness (QED) is 0.828. The molecule has 2 aliphatic rings. The van der Waals surface area contributed by atoms with Crippen molar-refractivity contribution >= 4 is 11.3 Å². The van der Waals surface area contributed by atoms with Crippen molar-refractivity contribution in [3.63, 3.8) is 0 Å². The highest BCUT2D eigenvalue weighted by Gasteiger charge is 2.27. The highest BCUT2D eigenvalue weighted by molar-refractivity contribution is 7.14. The Morgan fingerprint density at radius 1 is 1.47 bits per heavy atom. The van der Waals surface area contributed by atoms with Crippen molar-refractivity contribution in [2.24, 2.45) is 5.73 Å². The molecule has 3 nitrogen and oxygen atoms in total. The van der Waals surface area contributed by atoms with Gasteiger partial charge in [0, 0.05) is 35.5 Å². The number of piperidine rings is 1. The fraction of sp³-hybridized carbons (Fsp3) is 0.692. The number of nitrogens with two attached hydrogens (primary N) is 1. The summed E-state index contributed by atoms with van der Waals surface area (Å²) in [5, 5.41) is 1.16. The molecule has 2 aliphatic heterocycles. The smallest absolute Gasteiger partial charge is 0.177 e. The van der Waals surface area contributed by atoms with E-state index in [1.807, 2.05) is 11.3 Å². The van der Waals surface area contributed by atoms with Crippen LogP contribution in [0.2, 0.25) is 0 Å². The zero-order valence-electron chi connectivity index (χ0n) is 10.3. The van der Waals surface area contributed by atoms with Gasteiger partial charge in [0.25, 0.3) is 0 Å². The first-order valence-electron chi connectivity index (χ1n) is 6.42. The van der Waals surface area contributed by atoms with Crippen molar-refractivity contribution in [2.45, 2.75) is 31.2 Å². The summed E-state index contributed by atoms with van der Waals surface area (Å²) in [6, 6.07) is 2.68. The second-order valence-electron chi connectivity index (χ2n) is 5.33. The zero-order chi connectivity index (χ0) is 11.8. The number of thiophene rings is 1. The third-order valence-corrected chi connectivity index (χ3v) is 4.93. The molecule has 17 heavy (non-hydrogen) atoms. The van der Waals surface area contributed by atoms with E-state index in [1.54, 1.807) is 0 Å². The van der Waals surface area contributed by atoms with E-state index < -0.39 is 0 Å². The van der Waals surface area contributed by atoms with Gasteiger partial charge in [0.15, 0.2) is 5.06 Å². The van der Waals surface area contributed by atoms with E-state index in [9.17, 15) is 0 Å². The molecule has 3 rings (SSSR count). The number of likely N-dealkylation sites (N-methyl/N-ethyl adjacent to an activating group) is 1. The van der Waals surface area contributed by atoms with Gasteiger partial charge in [0.05, 0.1) is 6.61 Å². The van der Waals surface area contributed by atoms with Crippen LogP contribution in [0.3, 0.4) is 0 Å². The molecule has 2 N–H and O–H groups in total. The monoisotopic (exact) mass is 252 g/mol. The molecule has 1 aromatic heterocycles. The highest BCUT2D eigenvalue weighted by atomic mass is 32.1. The normalized spacial score (nSPS) is 29.8. The predicted octanol–water partition coefficient (Wildman–Crippen LogP) is 1.82. The summed E-state index contributed by atoms with van der Waals surface area (Å²) in [7, 11) is 2.16. The maximum atomic E-state index is 6.11. The SMILES string of the molecule is CN1CC(N)CC(c2cc3c(s2)OCCC3)C1. The maximum Gasteiger partial charge on any atom is 0.177 e. The Kier molecular flexibility index (Phi) is 3.11. The third-order valence-electron chi connectivity index (χ3n) is 3.68. The van der Waals surface area contributed by atoms with Crippen LogP contribution in [0.4, 0.5) is 0 Å². The van der Waals surface area contributed by atoms with Gasteiger partial charge in [-0.25, -0.2) is 0 Å². The summed E-state index contributed by atoms with van der Waals surface area (Å²) >= 11 is 1.84. The first-order valence-corrected chi connectivity index (χ1v) is 7.23. The van der Waals surface area contributed by atoms with Crippen LogP contribution in [0.25, 0.3) is 0 Å². The molecular weight excluding hydrogens is 232 g/mol. The van der Waals surface area contributed by atoms with Crippen molar-refractivity contribution in [2.75, 3.05) is 26.7 Å². The van der Waals surface area contributed by atoms with Crippen LogP contribution in [-0.2, 0) is 6.42 Å². The van der Waals surface area contributed by atoms with E-state index in [-0.39, 0.29) is 0 Å². The number of aryl methyl sites for hydroxylation is 1. The lowest BCUT2D eigenvalue weighted by atomic mass is 9.93. The predicted molar refractivity (Wildman–Crippen MR) is 71.0 cm³/mol. The first kappa shape index (κ1) is 11.5. The molecule has 3 heterocycles. The standard InChI is InChI=1S/C13H20N2OS/c1-15-7-10(5-11(14)8-15)12-6-9-3-2-4-16-13(9)17-12/h6,10-11H,2-5,7-8,14H2,1H3. The van der Waals surface area contributed by atoms with Gasteiger partial charge in [0.2, 0.25) is 0 Å². The minimum absolute atomic E-state index is 0.318. The Labute approximate surface area is 107 Å². The minimum Gasteiger partial charge on any atom is -0.484 e. The molecule has 1 fully saturated rings. The number of fused-ring (bicyclic) bond motifs is 1. The Morgan fingerprint density at radius 3 is 3.12 bits per heavy atom. The molecular formula is C13H20N2OS. The summed E-state index contributed by atoms with van der Waals surface area (Å²) in [4.78, 5) is 3.82. The van der Waals surface area contributed by atoms with Gasteiger partial charge in [-0.2, -0.15) is 0 Å². The molecule has 0 saturated carbocycles. The summed E-state index contributed by atoms with van der Waals surface area (Å²) in [5.41, 5.74) is 7.52. The maximum absolute atomic E-state index is 6.11. The molecule has 2 unspecified atom stereocenters. The molecule has 1 aromatic rings. The lowest BCUT2D eigenvalue weighted by Gasteiger charge is -2.33. The van der Waals surface area contributed by atoms with Crippen molar-refractivity contribution in [3.8, 4) is 5.06 Å². The van der Waals surface area contributed by atoms with Crippen LogP contribution in [0.1, 0.15) is 29.2 Å². The molecule has 0 radical (unpaired) electrons. The molecule has 0 amide bonds. The van der Waals surface area contributed by atoms with E-state index in [0.717, 1.165) is 37.6 Å². The van der Waals surface area contributed by atoms with Crippen LogP contribution in [-0.4, -0.2) is 37.7 Å². The summed E-state index contributed by atoms with van der Waals surface area (Å²) < 4.78 is 5.72. The van der Waals surface area contributed by atoms with Crippen LogP contribution >= 0.6 is 11.3 Å². The Morgan fingerprint density at radius 2 is 2.35 bits per heavy atom. The number of hydrogen-bond acceptors (Lipinski definition) is 4. The van der Waals surface area contributed by atoms with Gasteiger partial charge >= 0.3 is 0 Å². The molecule has 0 aromatic carbocycles. The molecule has 0 bridgehead atoms. The van der Waals surface area contributed by atoms with E-state index in [1.165, 1.54) is 16.9 Å². The van der Waals surface area contributed by atoms with E-state index in [0.29, 0.717) is 12.0 Å².